The van der Waals surface area contributed by atoms with Gasteiger partial charge in [-0.05, 0) is 42.2 Å². The fourth-order valence-electron chi connectivity index (χ4n) is 2.87. The van der Waals surface area contributed by atoms with E-state index in [0.29, 0.717) is 28.8 Å². The van der Waals surface area contributed by atoms with E-state index >= 15 is 0 Å². The van der Waals surface area contributed by atoms with Crippen molar-refractivity contribution in [3.8, 4) is 0 Å². The molecule has 0 aliphatic heterocycles. The summed E-state index contributed by atoms with van der Waals surface area (Å²) in [7, 11) is 0. The van der Waals surface area contributed by atoms with Crippen molar-refractivity contribution in [2.45, 2.75) is 12.3 Å². The van der Waals surface area contributed by atoms with Gasteiger partial charge in [-0.1, -0.05) is 18.2 Å². The molecular formula is C17H13FN2O3. The molecule has 23 heavy (non-hydrogen) atoms. The van der Waals surface area contributed by atoms with Gasteiger partial charge in [0.15, 0.2) is 5.58 Å². The second-order valence-corrected chi connectivity index (χ2v) is 5.68. The fraction of sp³-hybridized carbons (Fsp3) is 0.176. The summed E-state index contributed by atoms with van der Waals surface area (Å²) in [4.78, 5) is 25.9. The molecule has 0 radical (unpaired) electrons. The molecule has 2 unspecified atom stereocenters. The summed E-state index contributed by atoms with van der Waals surface area (Å²) in [5.74, 6) is -1.27. The van der Waals surface area contributed by atoms with Gasteiger partial charge in [-0.15, -0.1) is 0 Å². The topological polar surface area (TPSA) is 75.1 Å². The lowest BCUT2D eigenvalue weighted by molar-refractivity contribution is -0.117. The normalized spacial score (nSPS) is 19.7. The SMILES string of the molecule is O=C(Nc1ccc2oc(=O)[nH]c2c1)C1CC1c1ccccc1F. The zero-order valence-corrected chi connectivity index (χ0v) is 12.0. The van der Waals surface area contributed by atoms with Gasteiger partial charge in [0.2, 0.25) is 5.91 Å². The molecule has 4 rings (SSSR count). The number of nitrogens with one attached hydrogen (secondary N) is 2. The molecule has 1 aliphatic carbocycles. The number of hydrogen-bond acceptors (Lipinski definition) is 3. The number of amides is 1. The number of rotatable bonds is 3. The first kappa shape index (κ1) is 13.8. The molecule has 1 heterocycles. The predicted octanol–water partition coefficient (Wildman–Crippen LogP) is 3.00. The van der Waals surface area contributed by atoms with Crippen molar-refractivity contribution in [3.05, 3.63) is 64.4 Å². The Hall–Kier alpha value is -2.89. The van der Waals surface area contributed by atoms with Crippen molar-refractivity contribution in [3.63, 3.8) is 0 Å². The molecule has 5 nitrogen and oxygen atoms in total. The van der Waals surface area contributed by atoms with E-state index in [1.807, 2.05) is 0 Å². The number of fused-ring (bicyclic) bond motifs is 1. The third-order valence-electron chi connectivity index (χ3n) is 4.12. The van der Waals surface area contributed by atoms with Crippen molar-refractivity contribution < 1.29 is 13.6 Å². The van der Waals surface area contributed by atoms with Gasteiger partial charge in [0.1, 0.15) is 5.82 Å². The van der Waals surface area contributed by atoms with E-state index in [2.05, 4.69) is 10.3 Å². The van der Waals surface area contributed by atoms with Crippen LogP contribution in [0.2, 0.25) is 0 Å². The number of carbonyl (C=O) groups excluding carboxylic acids is 1. The summed E-state index contributed by atoms with van der Waals surface area (Å²) in [5, 5.41) is 2.80. The molecule has 0 spiro atoms. The van der Waals surface area contributed by atoms with E-state index in [-0.39, 0.29) is 23.6 Å². The molecule has 1 aliphatic rings. The lowest BCUT2D eigenvalue weighted by atomic mass is 10.1. The zero-order chi connectivity index (χ0) is 16.0. The minimum Gasteiger partial charge on any atom is -0.408 e. The van der Waals surface area contributed by atoms with Crippen LogP contribution < -0.4 is 11.1 Å². The number of H-pyrrole nitrogens is 1. The second kappa shape index (κ2) is 5.08. The molecule has 0 bridgehead atoms. The maximum atomic E-state index is 13.7. The van der Waals surface area contributed by atoms with E-state index in [4.69, 9.17) is 4.42 Å². The molecule has 116 valence electrons. The number of halogens is 1. The van der Waals surface area contributed by atoms with Crippen LogP contribution in [0.4, 0.5) is 10.1 Å². The molecule has 1 aromatic heterocycles. The van der Waals surface area contributed by atoms with Gasteiger partial charge in [0.25, 0.3) is 0 Å². The Labute approximate surface area is 130 Å². The van der Waals surface area contributed by atoms with Crippen LogP contribution in [0, 0.1) is 11.7 Å². The van der Waals surface area contributed by atoms with Gasteiger partial charge < -0.3 is 9.73 Å². The molecule has 2 atom stereocenters. The number of oxazole rings is 1. The van der Waals surface area contributed by atoms with Crippen molar-refractivity contribution >= 4 is 22.7 Å². The molecule has 2 aromatic carbocycles. The molecule has 0 saturated heterocycles. The Kier molecular flexibility index (Phi) is 3.04. The maximum absolute atomic E-state index is 13.7. The largest absolute Gasteiger partial charge is 0.417 e. The number of carbonyl (C=O) groups is 1. The van der Waals surface area contributed by atoms with E-state index in [0.717, 1.165) is 0 Å². The molecule has 1 saturated carbocycles. The first-order valence-electron chi connectivity index (χ1n) is 7.30. The highest BCUT2D eigenvalue weighted by atomic mass is 19.1. The highest BCUT2D eigenvalue weighted by Gasteiger charge is 2.45. The van der Waals surface area contributed by atoms with Crippen LogP contribution in [-0.4, -0.2) is 10.9 Å². The Morgan fingerprint density at radius 2 is 2.09 bits per heavy atom. The van der Waals surface area contributed by atoms with Crippen molar-refractivity contribution in [1.29, 1.82) is 0 Å². The van der Waals surface area contributed by atoms with Gasteiger partial charge >= 0.3 is 5.76 Å². The molecule has 2 N–H and O–H groups in total. The molecule has 3 aromatic rings. The van der Waals surface area contributed by atoms with Crippen LogP contribution in [0.25, 0.3) is 11.1 Å². The summed E-state index contributed by atoms with van der Waals surface area (Å²) in [6.07, 6.45) is 0.636. The first-order valence-corrected chi connectivity index (χ1v) is 7.30. The lowest BCUT2D eigenvalue weighted by Gasteiger charge is -2.05. The van der Waals surface area contributed by atoms with Crippen molar-refractivity contribution in [2.24, 2.45) is 5.92 Å². The van der Waals surface area contributed by atoms with Crippen LogP contribution in [0.15, 0.2) is 51.7 Å². The second-order valence-electron chi connectivity index (χ2n) is 5.68. The van der Waals surface area contributed by atoms with Gasteiger partial charge in [-0.2, -0.15) is 0 Å². The minimum atomic E-state index is -0.537. The van der Waals surface area contributed by atoms with Gasteiger partial charge in [0.05, 0.1) is 5.52 Å². The molecule has 1 fully saturated rings. The van der Waals surface area contributed by atoms with Crippen LogP contribution in [-0.2, 0) is 4.79 Å². The highest BCUT2D eigenvalue weighted by Crippen LogP contribution is 2.48. The molecular weight excluding hydrogens is 299 g/mol. The Bertz CT molecular complexity index is 960. The first-order chi connectivity index (χ1) is 11.1. The third kappa shape index (κ3) is 2.52. The van der Waals surface area contributed by atoms with E-state index in [1.54, 1.807) is 36.4 Å². The Balaban J connectivity index is 1.50. The monoisotopic (exact) mass is 312 g/mol. The van der Waals surface area contributed by atoms with Crippen LogP contribution in [0.5, 0.6) is 0 Å². The smallest absolute Gasteiger partial charge is 0.408 e. The number of benzene rings is 2. The highest BCUT2D eigenvalue weighted by molar-refractivity contribution is 5.96. The number of anilines is 1. The zero-order valence-electron chi connectivity index (χ0n) is 12.0. The summed E-state index contributed by atoms with van der Waals surface area (Å²) >= 11 is 0. The van der Waals surface area contributed by atoms with E-state index in [1.165, 1.54) is 6.07 Å². The summed E-state index contributed by atoms with van der Waals surface area (Å²) in [5.41, 5.74) is 2.11. The lowest BCUT2D eigenvalue weighted by Crippen LogP contribution is -2.14. The summed E-state index contributed by atoms with van der Waals surface area (Å²) in [6, 6.07) is 11.5. The maximum Gasteiger partial charge on any atom is 0.417 e. The Morgan fingerprint density at radius 3 is 2.91 bits per heavy atom. The quantitative estimate of drug-likeness (QED) is 0.780. The van der Waals surface area contributed by atoms with Crippen LogP contribution in [0.3, 0.4) is 0 Å². The number of aromatic nitrogens is 1. The Morgan fingerprint density at radius 1 is 1.26 bits per heavy atom. The van der Waals surface area contributed by atoms with E-state index in [9.17, 15) is 14.0 Å². The van der Waals surface area contributed by atoms with E-state index < -0.39 is 5.76 Å². The standard InChI is InChI=1S/C17H13FN2O3/c18-13-4-2-1-3-10(13)11-8-12(11)16(21)19-9-5-6-15-14(7-9)20-17(22)23-15/h1-7,11-12H,8H2,(H,19,21)(H,20,22). The average Bonchev–Trinajstić information content (AvgIpc) is 3.23. The number of aromatic amines is 1. The van der Waals surface area contributed by atoms with Crippen LogP contribution >= 0.6 is 0 Å². The summed E-state index contributed by atoms with van der Waals surface area (Å²) < 4.78 is 18.7. The fourth-order valence-corrected chi connectivity index (χ4v) is 2.87. The van der Waals surface area contributed by atoms with Gasteiger partial charge in [0, 0.05) is 11.6 Å². The number of hydrogen-bond donors (Lipinski definition) is 2. The minimum absolute atomic E-state index is 0.0753. The molecule has 1 amide bonds. The predicted molar refractivity (Wildman–Crippen MR) is 82.7 cm³/mol. The van der Waals surface area contributed by atoms with Gasteiger partial charge in [-0.25, -0.2) is 9.18 Å². The van der Waals surface area contributed by atoms with Crippen molar-refractivity contribution in [1.82, 2.24) is 4.98 Å². The molecule has 6 heteroatoms. The van der Waals surface area contributed by atoms with Crippen molar-refractivity contribution in [2.75, 3.05) is 5.32 Å². The average molecular weight is 312 g/mol. The third-order valence-corrected chi connectivity index (χ3v) is 4.12. The van der Waals surface area contributed by atoms with Gasteiger partial charge in [-0.3, -0.25) is 9.78 Å². The van der Waals surface area contributed by atoms with Crippen LogP contribution in [0.1, 0.15) is 17.9 Å². The summed E-state index contributed by atoms with van der Waals surface area (Å²) in [6.45, 7) is 0.